The number of hydrogen-bond acceptors (Lipinski definition) is 4. The van der Waals surface area contributed by atoms with E-state index >= 15 is 0 Å². The molecular weight excluding hydrogens is 344 g/mol. The minimum absolute atomic E-state index is 0.216. The number of aromatic nitrogens is 2. The fraction of sp³-hybridized carbons (Fsp3) is 0.300. The summed E-state index contributed by atoms with van der Waals surface area (Å²) in [6, 6.07) is 13.3. The summed E-state index contributed by atoms with van der Waals surface area (Å²) in [7, 11) is 3.18. The van der Waals surface area contributed by atoms with Crippen LogP contribution in [0.15, 0.2) is 42.5 Å². The third-order valence-corrected chi connectivity index (χ3v) is 4.37. The van der Waals surface area contributed by atoms with Crippen LogP contribution in [0, 0.1) is 6.92 Å². The molecule has 0 aliphatic heterocycles. The van der Waals surface area contributed by atoms with Gasteiger partial charge in [0.25, 0.3) is 0 Å². The number of ether oxygens (including phenoxy) is 2. The van der Waals surface area contributed by atoms with Crippen molar-refractivity contribution in [3.63, 3.8) is 0 Å². The van der Waals surface area contributed by atoms with Crippen LogP contribution in [0.4, 0.5) is 4.79 Å². The number of nitrogens with one attached hydrogen (secondary N) is 2. The van der Waals surface area contributed by atoms with Gasteiger partial charge < -0.3 is 24.7 Å². The molecule has 0 atom stereocenters. The molecule has 0 unspecified atom stereocenters. The lowest BCUT2D eigenvalue weighted by Crippen LogP contribution is -2.36. The molecule has 2 amide bonds. The lowest BCUT2D eigenvalue weighted by molar-refractivity contribution is 0.240. The van der Waals surface area contributed by atoms with Crippen molar-refractivity contribution in [3.05, 3.63) is 53.9 Å². The monoisotopic (exact) mass is 368 g/mol. The van der Waals surface area contributed by atoms with Crippen molar-refractivity contribution in [1.82, 2.24) is 20.2 Å². The van der Waals surface area contributed by atoms with Gasteiger partial charge in [-0.2, -0.15) is 0 Å². The number of amides is 2. The van der Waals surface area contributed by atoms with Crippen molar-refractivity contribution in [3.8, 4) is 11.5 Å². The predicted molar refractivity (Wildman–Crippen MR) is 104 cm³/mol. The molecule has 1 aromatic heterocycles. The third-order valence-electron chi connectivity index (χ3n) is 4.37. The molecule has 0 aliphatic carbocycles. The number of fused-ring (bicyclic) bond motifs is 1. The summed E-state index contributed by atoms with van der Waals surface area (Å²) in [6.07, 6.45) is 0. The van der Waals surface area contributed by atoms with Gasteiger partial charge in [-0.1, -0.05) is 18.2 Å². The van der Waals surface area contributed by atoms with E-state index in [1.165, 1.54) is 0 Å². The van der Waals surface area contributed by atoms with Gasteiger partial charge in [0.15, 0.2) is 11.5 Å². The quantitative estimate of drug-likeness (QED) is 0.672. The van der Waals surface area contributed by atoms with Gasteiger partial charge in [-0.3, -0.25) is 0 Å². The third kappa shape index (κ3) is 4.31. The summed E-state index contributed by atoms with van der Waals surface area (Å²) in [4.78, 5) is 16.6. The van der Waals surface area contributed by atoms with E-state index in [1.807, 2.05) is 49.4 Å². The van der Waals surface area contributed by atoms with Crippen LogP contribution in [0.1, 0.15) is 11.4 Å². The second kappa shape index (κ2) is 8.44. The number of aryl methyl sites for hydroxylation is 1. The molecule has 0 radical (unpaired) electrons. The van der Waals surface area contributed by atoms with Gasteiger partial charge >= 0.3 is 6.03 Å². The summed E-state index contributed by atoms with van der Waals surface area (Å²) in [5, 5.41) is 5.73. The van der Waals surface area contributed by atoms with Crippen molar-refractivity contribution in [1.29, 1.82) is 0 Å². The van der Waals surface area contributed by atoms with Gasteiger partial charge in [0, 0.05) is 19.6 Å². The Hall–Kier alpha value is -3.22. The average molecular weight is 368 g/mol. The Morgan fingerprint density at radius 1 is 1.07 bits per heavy atom. The Balaban J connectivity index is 1.51. The number of nitrogens with zero attached hydrogens (tertiary/aromatic N) is 2. The fourth-order valence-electron chi connectivity index (χ4n) is 2.99. The Morgan fingerprint density at radius 2 is 1.85 bits per heavy atom. The number of imidazole rings is 1. The molecule has 0 aliphatic rings. The van der Waals surface area contributed by atoms with Gasteiger partial charge in [-0.05, 0) is 36.8 Å². The number of methoxy groups -OCH3 is 2. The van der Waals surface area contributed by atoms with Crippen LogP contribution >= 0.6 is 0 Å². The van der Waals surface area contributed by atoms with Crippen molar-refractivity contribution < 1.29 is 14.3 Å². The Morgan fingerprint density at radius 3 is 2.63 bits per heavy atom. The summed E-state index contributed by atoms with van der Waals surface area (Å²) >= 11 is 0. The van der Waals surface area contributed by atoms with Crippen LogP contribution in [0.2, 0.25) is 0 Å². The van der Waals surface area contributed by atoms with Crippen LogP contribution in [-0.4, -0.2) is 36.3 Å². The molecule has 0 saturated carbocycles. The molecule has 142 valence electrons. The summed E-state index contributed by atoms with van der Waals surface area (Å²) in [5.41, 5.74) is 2.97. The largest absolute Gasteiger partial charge is 0.493 e. The van der Waals surface area contributed by atoms with Crippen LogP contribution in [-0.2, 0) is 13.1 Å². The maximum atomic E-state index is 12.1. The van der Waals surface area contributed by atoms with E-state index in [0.29, 0.717) is 31.1 Å². The number of carbonyl (C=O) groups is 1. The maximum absolute atomic E-state index is 12.1. The molecule has 0 saturated heterocycles. The second-order valence-electron chi connectivity index (χ2n) is 6.10. The van der Waals surface area contributed by atoms with E-state index in [1.54, 1.807) is 14.2 Å². The van der Waals surface area contributed by atoms with E-state index in [9.17, 15) is 4.79 Å². The van der Waals surface area contributed by atoms with Crippen molar-refractivity contribution in [2.75, 3.05) is 20.8 Å². The zero-order valence-electron chi connectivity index (χ0n) is 15.8. The lowest BCUT2D eigenvalue weighted by Gasteiger charge is -2.12. The van der Waals surface area contributed by atoms with Gasteiger partial charge in [-0.15, -0.1) is 0 Å². The molecular formula is C20H24N4O3. The van der Waals surface area contributed by atoms with E-state index in [0.717, 1.165) is 22.4 Å². The molecule has 3 rings (SSSR count). The number of hydrogen-bond donors (Lipinski definition) is 2. The number of benzene rings is 2. The standard InChI is InChI=1S/C20H24N4O3/c1-14-23-16-6-4-5-7-17(16)24(14)11-10-21-20(25)22-13-15-8-9-18(26-2)19(12-15)27-3/h4-9,12H,10-11,13H2,1-3H3,(H2,21,22,25). The van der Waals surface area contributed by atoms with Crippen LogP contribution in [0.5, 0.6) is 11.5 Å². The SMILES string of the molecule is COc1ccc(CNC(=O)NCCn2c(C)nc3ccccc32)cc1OC. The van der Waals surface area contributed by atoms with Gasteiger partial charge in [0.1, 0.15) is 5.82 Å². The Kier molecular flexibility index (Phi) is 5.80. The van der Waals surface area contributed by atoms with Crippen LogP contribution < -0.4 is 20.1 Å². The first-order chi connectivity index (χ1) is 13.1. The van der Waals surface area contributed by atoms with Crippen molar-refractivity contribution >= 4 is 17.1 Å². The van der Waals surface area contributed by atoms with E-state index in [-0.39, 0.29) is 6.03 Å². The minimum atomic E-state index is -0.216. The highest BCUT2D eigenvalue weighted by molar-refractivity contribution is 5.76. The first-order valence-corrected chi connectivity index (χ1v) is 8.77. The van der Waals surface area contributed by atoms with Crippen molar-refractivity contribution in [2.45, 2.75) is 20.0 Å². The normalized spacial score (nSPS) is 10.6. The Bertz CT molecular complexity index is 936. The molecule has 2 N–H and O–H groups in total. The summed E-state index contributed by atoms with van der Waals surface area (Å²) in [5.74, 6) is 2.23. The maximum Gasteiger partial charge on any atom is 0.315 e. The predicted octanol–water partition coefficient (Wildman–Crippen LogP) is 2.86. The minimum Gasteiger partial charge on any atom is -0.493 e. The molecule has 7 heteroatoms. The summed E-state index contributed by atoms with van der Waals surface area (Å²) in [6.45, 7) is 3.55. The van der Waals surface area contributed by atoms with Gasteiger partial charge in [0.05, 0.1) is 25.3 Å². The molecule has 3 aromatic rings. The second-order valence-corrected chi connectivity index (χ2v) is 6.10. The zero-order chi connectivity index (χ0) is 19.2. The highest BCUT2D eigenvalue weighted by Crippen LogP contribution is 2.27. The fourth-order valence-corrected chi connectivity index (χ4v) is 2.99. The zero-order valence-corrected chi connectivity index (χ0v) is 15.8. The number of rotatable bonds is 7. The molecule has 0 fully saturated rings. The molecule has 0 spiro atoms. The number of para-hydroxylation sites is 2. The number of carbonyl (C=O) groups excluding carboxylic acids is 1. The lowest BCUT2D eigenvalue weighted by atomic mass is 10.2. The first kappa shape index (κ1) is 18.6. The van der Waals surface area contributed by atoms with E-state index in [2.05, 4.69) is 20.2 Å². The molecule has 7 nitrogen and oxygen atoms in total. The molecule has 2 aromatic carbocycles. The van der Waals surface area contributed by atoms with Crippen LogP contribution in [0.25, 0.3) is 11.0 Å². The van der Waals surface area contributed by atoms with E-state index < -0.39 is 0 Å². The topological polar surface area (TPSA) is 77.4 Å². The van der Waals surface area contributed by atoms with Gasteiger partial charge in [0.2, 0.25) is 0 Å². The number of urea groups is 1. The average Bonchev–Trinajstić information content (AvgIpc) is 3.01. The van der Waals surface area contributed by atoms with Gasteiger partial charge in [-0.25, -0.2) is 9.78 Å². The first-order valence-electron chi connectivity index (χ1n) is 8.77. The smallest absolute Gasteiger partial charge is 0.315 e. The molecule has 27 heavy (non-hydrogen) atoms. The van der Waals surface area contributed by atoms with Crippen molar-refractivity contribution in [2.24, 2.45) is 0 Å². The Labute approximate surface area is 158 Å². The highest BCUT2D eigenvalue weighted by atomic mass is 16.5. The van der Waals surface area contributed by atoms with Crippen LogP contribution in [0.3, 0.4) is 0 Å². The summed E-state index contributed by atoms with van der Waals surface area (Å²) < 4.78 is 12.6. The van der Waals surface area contributed by atoms with E-state index in [4.69, 9.17) is 9.47 Å². The molecule has 0 bridgehead atoms. The highest BCUT2D eigenvalue weighted by Gasteiger charge is 2.08. The molecule has 1 heterocycles.